The maximum Gasteiger partial charge on any atom is 0.258 e. The average molecular weight is 617 g/mol. The fourth-order valence-corrected chi connectivity index (χ4v) is 9.39. The average Bonchev–Trinajstić information content (AvgIpc) is 3.67. The van der Waals surface area contributed by atoms with Crippen LogP contribution in [0.4, 0.5) is 17.1 Å². The molecule has 0 atom stereocenters. The third-order valence-electron chi connectivity index (χ3n) is 10.00. The van der Waals surface area contributed by atoms with Gasteiger partial charge in [0.05, 0.1) is 16.7 Å². The van der Waals surface area contributed by atoms with Gasteiger partial charge in [-0.3, -0.25) is 0 Å². The van der Waals surface area contributed by atoms with Crippen LogP contribution < -0.4 is 26.0 Å². The number of hydrogen-bond donors (Lipinski definition) is 0. The molecule has 0 radical (unpaired) electrons. The zero-order chi connectivity index (χ0) is 30.6. The first-order chi connectivity index (χ1) is 23.3. The molecule has 0 aliphatic carbocycles. The second-order valence-electron chi connectivity index (χ2n) is 12.5. The summed E-state index contributed by atoms with van der Waals surface area (Å²) in [6, 6.07) is 54.7. The molecule has 0 N–H and O–H groups in total. The van der Waals surface area contributed by atoms with Gasteiger partial charge in [-0.15, -0.1) is 11.3 Å². The van der Waals surface area contributed by atoms with E-state index in [1.165, 1.54) is 64.1 Å². The maximum atomic E-state index is 6.92. The molecule has 11 rings (SSSR count). The molecule has 0 fully saturated rings. The number of nitrogens with zero attached hydrogens (tertiary/aromatic N) is 2. The number of fused-ring (bicyclic) bond motifs is 11. The molecule has 2 aliphatic heterocycles. The molecule has 0 spiro atoms. The van der Waals surface area contributed by atoms with Crippen molar-refractivity contribution >= 4 is 93.5 Å². The van der Waals surface area contributed by atoms with Gasteiger partial charge in [-0.1, -0.05) is 91.0 Å². The number of aromatic nitrogens is 1. The lowest BCUT2D eigenvalue weighted by molar-refractivity contribution is 0.487. The van der Waals surface area contributed by atoms with Crippen LogP contribution in [0.1, 0.15) is 0 Å². The van der Waals surface area contributed by atoms with Gasteiger partial charge in [-0.2, -0.15) is 0 Å². The van der Waals surface area contributed by atoms with E-state index in [1.807, 2.05) is 11.3 Å². The molecular weight excluding hydrogens is 591 g/mol. The highest BCUT2D eigenvalue weighted by Gasteiger charge is 2.42. The van der Waals surface area contributed by atoms with E-state index in [4.69, 9.17) is 4.74 Å². The van der Waals surface area contributed by atoms with E-state index in [2.05, 4.69) is 161 Å². The van der Waals surface area contributed by atoms with E-state index in [-0.39, 0.29) is 6.71 Å². The molecule has 2 aliphatic rings. The predicted molar refractivity (Wildman–Crippen MR) is 200 cm³/mol. The van der Waals surface area contributed by atoms with E-state index in [1.54, 1.807) is 0 Å². The van der Waals surface area contributed by atoms with Crippen molar-refractivity contribution in [2.45, 2.75) is 0 Å². The van der Waals surface area contributed by atoms with Gasteiger partial charge in [0.15, 0.2) is 0 Å². The Kier molecular flexibility index (Phi) is 5.07. The van der Waals surface area contributed by atoms with Crippen LogP contribution >= 0.6 is 11.3 Å². The zero-order valence-electron chi connectivity index (χ0n) is 25.2. The molecular formula is C42H25BN2OS. The number of ether oxygens (including phenoxy) is 1. The van der Waals surface area contributed by atoms with Crippen LogP contribution in [0.3, 0.4) is 0 Å². The van der Waals surface area contributed by atoms with Gasteiger partial charge in [0, 0.05) is 54.1 Å². The summed E-state index contributed by atoms with van der Waals surface area (Å²) in [5.41, 5.74) is 10.8. The third-order valence-corrected chi connectivity index (χ3v) is 11.2. The fraction of sp³-hybridized carbons (Fsp3) is 0. The minimum atomic E-state index is 0.0389. The molecule has 0 amide bonds. The standard InChI is InChI=1S/C42H25BN2OS/c1-3-13-26(14-4-1)44(27-15-5-2-6-16-27)28-23-35-39-37(24-28)46-36-21-11-9-19-33(36)43(39)40-41-31(29-17-7-10-20-34(29)45(35)41)25-32-30-18-8-12-22-38(30)47-42(32)40/h1-25H. The first-order valence-electron chi connectivity index (χ1n) is 16.1. The quantitative estimate of drug-likeness (QED) is 0.184. The molecule has 4 heterocycles. The summed E-state index contributed by atoms with van der Waals surface area (Å²) in [6.07, 6.45) is 0. The topological polar surface area (TPSA) is 17.4 Å². The third kappa shape index (κ3) is 3.41. The van der Waals surface area contributed by atoms with E-state index >= 15 is 0 Å². The Morgan fingerprint density at radius 1 is 0.532 bits per heavy atom. The SMILES string of the molecule is c1ccc(N(c2ccccc2)c2cc3c4c(c2)-n2c5ccccc5c5cc6c(sc7ccccc76)c(c52)B4c2ccccc2O3)cc1. The van der Waals surface area contributed by atoms with Crippen molar-refractivity contribution in [1.29, 1.82) is 0 Å². The summed E-state index contributed by atoms with van der Waals surface area (Å²) < 4.78 is 12.1. The number of benzene rings is 7. The van der Waals surface area contributed by atoms with Gasteiger partial charge in [-0.25, -0.2) is 0 Å². The molecule has 0 bridgehead atoms. The molecule has 0 saturated carbocycles. The van der Waals surface area contributed by atoms with Crippen LogP contribution in [0.2, 0.25) is 0 Å². The minimum absolute atomic E-state index is 0.0389. The Morgan fingerprint density at radius 3 is 2.02 bits per heavy atom. The lowest BCUT2D eigenvalue weighted by Crippen LogP contribution is -2.58. The summed E-state index contributed by atoms with van der Waals surface area (Å²) in [7, 11) is 0. The summed E-state index contributed by atoms with van der Waals surface area (Å²) in [4.78, 5) is 2.34. The Balaban J connectivity index is 1.32. The van der Waals surface area contributed by atoms with Crippen molar-refractivity contribution in [1.82, 2.24) is 4.57 Å². The summed E-state index contributed by atoms with van der Waals surface area (Å²) >= 11 is 1.92. The normalized spacial score (nSPS) is 12.8. The maximum absolute atomic E-state index is 6.92. The van der Waals surface area contributed by atoms with Gasteiger partial charge in [-0.05, 0) is 71.0 Å². The van der Waals surface area contributed by atoms with Gasteiger partial charge in [0.2, 0.25) is 0 Å². The molecule has 0 unspecified atom stereocenters. The van der Waals surface area contributed by atoms with Gasteiger partial charge in [0.1, 0.15) is 11.5 Å². The highest BCUT2D eigenvalue weighted by molar-refractivity contribution is 7.28. The number of para-hydroxylation sites is 4. The van der Waals surface area contributed by atoms with Crippen LogP contribution in [-0.2, 0) is 0 Å². The van der Waals surface area contributed by atoms with Gasteiger partial charge in [0.25, 0.3) is 6.71 Å². The Hall–Kier alpha value is -5.78. The molecule has 47 heavy (non-hydrogen) atoms. The zero-order valence-corrected chi connectivity index (χ0v) is 26.0. The summed E-state index contributed by atoms with van der Waals surface area (Å²) in [5, 5.41) is 5.23. The lowest BCUT2D eigenvalue weighted by atomic mass is 9.34. The second-order valence-corrected chi connectivity index (χ2v) is 13.5. The number of anilines is 3. The van der Waals surface area contributed by atoms with E-state index in [0.717, 1.165) is 28.6 Å². The van der Waals surface area contributed by atoms with Crippen LogP contribution in [0.25, 0.3) is 47.7 Å². The fourth-order valence-electron chi connectivity index (χ4n) is 8.13. The van der Waals surface area contributed by atoms with Crippen LogP contribution in [-0.4, -0.2) is 11.3 Å². The van der Waals surface area contributed by atoms with Crippen molar-refractivity contribution in [3.8, 4) is 17.2 Å². The molecule has 7 aromatic carbocycles. The first-order valence-corrected chi connectivity index (χ1v) is 16.9. The van der Waals surface area contributed by atoms with Crippen molar-refractivity contribution < 1.29 is 4.74 Å². The minimum Gasteiger partial charge on any atom is -0.458 e. The monoisotopic (exact) mass is 616 g/mol. The number of thiophene rings is 1. The number of hydrogen-bond acceptors (Lipinski definition) is 3. The summed E-state index contributed by atoms with van der Waals surface area (Å²) in [5.74, 6) is 1.84. The van der Waals surface area contributed by atoms with E-state index < -0.39 is 0 Å². The Labute approximate surface area is 275 Å². The highest BCUT2D eigenvalue weighted by atomic mass is 32.1. The smallest absolute Gasteiger partial charge is 0.258 e. The Morgan fingerprint density at radius 2 is 1.21 bits per heavy atom. The van der Waals surface area contributed by atoms with E-state index in [9.17, 15) is 0 Å². The highest BCUT2D eigenvalue weighted by Crippen LogP contribution is 2.45. The van der Waals surface area contributed by atoms with Gasteiger partial charge >= 0.3 is 0 Å². The molecule has 218 valence electrons. The molecule has 3 nitrogen and oxygen atoms in total. The van der Waals surface area contributed by atoms with Crippen LogP contribution in [0.15, 0.2) is 152 Å². The summed E-state index contributed by atoms with van der Waals surface area (Å²) in [6.45, 7) is 0.0389. The second kappa shape index (κ2) is 9.38. The van der Waals surface area contributed by atoms with Crippen molar-refractivity contribution in [3.05, 3.63) is 152 Å². The molecule has 5 heteroatoms. The van der Waals surface area contributed by atoms with Crippen LogP contribution in [0, 0.1) is 0 Å². The van der Waals surface area contributed by atoms with E-state index in [0.29, 0.717) is 0 Å². The molecule has 0 saturated heterocycles. The first kappa shape index (κ1) is 25.4. The lowest BCUT2D eigenvalue weighted by Gasteiger charge is -2.35. The molecule has 9 aromatic rings. The largest absolute Gasteiger partial charge is 0.458 e. The van der Waals surface area contributed by atoms with Crippen molar-refractivity contribution in [2.24, 2.45) is 0 Å². The molecule has 2 aromatic heterocycles. The van der Waals surface area contributed by atoms with Crippen molar-refractivity contribution in [3.63, 3.8) is 0 Å². The van der Waals surface area contributed by atoms with Gasteiger partial charge < -0.3 is 14.2 Å². The van der Waals surface area contributed by atoms with Crippen LogP contribution in [0.5, 0.6) is 11.5 Å². The Bertz CT molecular complexity index is 2690. The predicted octanol–water partition coefficient (Wildman–Crippen LogP) is 9.56. The van der Waals surface area contributed by atoms with Crippen molar-refractivity contribution in [2.75, 3.05) is 4.90 Å². The number of rotatable bonds is 3.